The van der Waals surface area contributed by atoms with E-state index in [1.54, 1.807) is 0 Å². The summed E-state index contributed by atoms with van der Waals surface area (Å²) in [4.78, 5) is 1.90. The van der Waals surface area contributed by atoms with Crippen LogP contribution in [0, 0.1) is 11.3 Å². The molecule has 0 amide bonds. The maximum atomic E-state index is 8.69. The molecule has 3 nitrogen and oxygen atoms in total. The van der Waals surface area contributed by atoms with Crippen LogP contribution in [-0.4, -0.2) is 23.6 Å². The molecule has 0 aliphatic rings. The molecule has 2 rings (SSSR count). The summed E-state index contributed by atoms with van der Waals surface area (Å²) in [7, 11) is 1.90. The number of nitrogens with one attached hydrogen (secondary N) is 1. The van der Waals surface area contributed by atoms with Crippen LogP contribution in [0.3, 0.4) is 0 Å². The Balaban J connectivity index is 2.20. The molecule has 1 N–H and O–H groups in total. The molecular formula is C18H19N3S. The molecule has 0 spiro atoms. The van der Waals surface area contributed by atoms with Gasteiger partial charge in [-0.3, -0.25) is 0 Å². The van der Waals surface area contributed by atoms with Gasteiger partial charge in [-0.05, 0) is 23.3 Å². The van der Waals surface area contributed by atoms with Crippen LogP contribution in [0.4, 0.5) is 0 Å². The quantitative estimate of drug-likeness (QED) is 0.858. The lowest BCUT2D eigenvalue weighted by Crippen LogP contribution is -2.39. The summed E-state index contributed by atoms with van der Waals surface area (Å²) in [5, 5.41) is 12.7. The van der Waals surface area contributed by atoms with E-state index < -0.39 is 0 Å². The number of hydrogen-bond acceptors (Lipinski definition) is 2. The Labute approximate surface area is 137 Å². The van der Waals surface area contributed by atoms with Gasteiger partial charge in [0.05, 0.1) is 18.5 Å². The van der Waals surface area contributed by atoms with E-state index in [0.29, 0.717) is 18.1 Å². The van der Waals surface area contributed by atoms with Crippen LogP contribution >= 0.6 is 12.2 Å². The summed E-state index contributed by atoms with van der Waals surface area (Å²) >= 11 is 5.47. The first-order valence-electron chi connectivity index (χ1n) is 7.21. The minimum Gasteiger partial charge on any atom is -0.352 e. The predicted octanol–water partition coefficient (Wildman–Crippen LogP) is 3.50. The van der Waals surface area contributed by atoms with E-state index in [1.807, 2.05) is 48.3 Å². The molecule has 22 heavy (non-hydrogen) atoms. The van der Waals surface area contributed by atoms with Gasteiger partial charge in [-0.2, -0.15) is 5.26 Å². The van der Waals surface area contributed by atoms with Crippen LogP contribution in [0.2, 0.25) is 0 Å². The van der Waals surface area contributed by atoms with E-state index in [2.05, 4.69) is 35.7 Å². The Morgan fingerprint density at radius 1 is 1.09 bits per heavy atom. The smallest absolute Gasteiger partial charge is 0.169 e. The summed E-state index contributed by atoms with van der Waals surface area (Å²) in [6, 6.07) is 22.6. The van der Waals surface area contributed by atoms with E-state index in [0.717, 1.165) is 11.1 Å². The standard InChI is InChI=1S/C18H19N3S/c1-21(14-8-13-19)18(22)20-17(15-9-4-2-5-10-15)16-11-6-3-7-12-16/h2-7,9-12,17H,8,14H2,1H3,(H,20,22). The van der Waals surface area contributed by atoms with Gasteiger partial charge in [0, 0.05) is 13.6 Å². The van der Waals surface area contributed by atoms with Crippen molar-refractivity contribution < 1.29 is 0 Å². The molecule has 0 aromatic heterocycles. The first kappa shape index (κ1) is 16.0. The molecule has 0 bridgehead atoms. The number of rotatable bonds is 5. The number of thiocarbonyl (C=S) groups is 1. The van der Waals surface area contributed by atoms with Gasteiger partial charge >= 0.3 is 0 Å². The Morgan fingerprint density at radius 3 is 2.05 bits per heavy atom. The first-order valence-corrected chi connectivity index (χ1v) is 7.61. The van der Waals surface area contributed by atoms with Crippen LogP contribution in [0.25, 0.3) is 0 Å². The minimum absolute atomic E-state index is 0.000522. The molecule has 0 fully saturated rings. The highest BCUT2D eigenvalue weighted by atomic mass is 32.1. The second kappa shape index (κ2) is 8.16. The summed E-state index contributed by atoms with van der Waals surface area (Å²) < 4.78 is 0. The molecule has 0 saturated heterocycles. The number of hydrogen-bond donors (Lipinski definition) is 1. The number of nitrogens with zero attached hydrogens (tertiary/aromatic N) is 2. The molecule has 2 aromatic carbocycles. The van der Waals surface area contributed by atoms with Crippen LogP contribution in [0.1, 0.15) is 23.6 Å². The molecule has 0 radical (unpaired) electrons. The third kappa shape index (κ3) is 4.31. The second-order valence-corrected chi connectivity index (χ2v) is 5.42. The fourth-order valence-corrected chi connectivity index (χ4v) is 2.41. The zero-order valence-electron chi connectivity index (χ0n) is 12.6. The van der Waals surface area contributed by atoms with Gasteiger partial charge in [0.2, 0.25) is 0 Å². The molecule has 0 heterocycles. The molecule has 4 heteroatoms. The van der Waals surface area contributed by atoms with Crippen molar-refractivity contribution in [3.8, 4) is 6.07 Å². The summed E-state index contributed by atoms with van der Waals surface area (Å²) in [5.41, 5.74) is 2.31. The van der Waals surface area contributed by atoms with E-state index in [-0.39, 0.29) is 6.04 Å². The lowest BCUT2D eigenvalue weighted by Gasteiger charge is -2.26. The Bertz CT molecular complexity index is 595. The van der Waals surface area contributed by atoms with Crippen molar-refractivity contribution in [2.24, 2.45) is 0 Å². The van der Waals surface area contributed by atoms with Crippen LogP contribution < -0.4 is 5.32 Å². The lowest BCUT2D eigenvalue weighted by atomic mass is 9.99. The molecule has 0 aliphatic carbocycles. The average molecular weight is 309 g/mol. The van der Waals surface area contributed by atoms with Crippen molar-refractivity contribution in [2.75, 3.05) is 13.6 Å². The third-order valence-electron chi connectivity index (χ3n) is 3.44. The highest BCUT2D eigenvalue weighted by molar-refractivity contribution is 7.80. The largest absolute Gasteiger partial charge is 0.352 e. The summed E-state index contributed by atoms with van der Waals surface area (Å²) in [5.74, 6) is 0. The van der Waals surface area contributed by atoms with Crippen LogP contribution in [-0.2, 0) is 0 Å². The second-order valence-electron chi connectivity index (χ2n) is 5.03. The Morgan fingerprint density at radius 2 is 1.59 bits per heavy atom. The molecule has 0 aliphatic heterocycles. The highest BCUT2D eigenvalue weighted by Gasteiger charge is 2.16. The first-order chi connectivity index (χ1) is 10.7. The molecule has 2 aromatic rings. The lowest BCUT2D eigenvalue weighted by molar-refractivity contribution is 0.496. The van der Waals surface area contributed by atoms with Crippen molar-refractivity contribution in [1.29, 1.82) is 5.26 Å². The molecule has 0 atom stereocenters. The van der Waals surface area contributed by atoms with E-state index in [1.165, 1.54) is 0 Å². The maximum absolute atomic E-state index is 8.69. The average Bonchev–Trinajstić information content (AvgIpc) is 2.58. The van der Waals surface area contributed by atoms with Gasteiger partial charge in [-0.25, -0.2) is 0 Å². The molecule has 0 saturated carbocycles. The topological polar surface area (TPSA) is 39.1 Å². The monoisotopic (exact) mass is 309 g/mol. The zero-order valence-corrected chi connectivity index (χ0v) is 13.4. The summed E-state index contributed by atoms with van der Waals surface area (Å²) in [6.45, 7) is 0.624. The van der Waals surface area contributed by atoms with Crippen LogP contribution in [0.5, 0.6) is 0 Å². The van der Waals surface area contributed by atoms with Gasteiger partial charge in [0.15, 0.2) is 5.11 Å². The van der Waals surface area contributed by atoms with Gasteiger partial charge in [0.1, 0.15) is 0 Å². The summed E-state index contributed by atoms with van der Waals surface area (Å²) in [6.07, 6.45) is 0.458. The fourth-order valence-electron chi connectivity index (χ4n) is 2.20. The van der Waals surface area contributed by atoms with E-state index in [9.17, 15) is 0 Å². The zero-order chi connectivity index (χ0) is 15.8. The minimum atomic E-state index is -0.000522. The third-order valence-corrected chi connectivity index (χ3v) is 3.87. The molecule has 0 unspecified atom stereocenters. The fraction of sp³-hybridized carbons (Fsp3) is 0.222. The van der Waals surface area contributed by atoms with E-state index >= 15 is 0 Å². The maximum Gasteiger partial charge on any atom is 0.169 e. The van der Waals surface area contributed by atoms with Gasteiger partial charge in [-0.15, -0.1) is 0 Å². The molecule has 112 valence electrons. The Hall–Kier alpha value is -2.38. The van der Waals surface area contributed by atoms with Crippen molar-refractivity contribution in [3.63, 3.8) is 0 Å². The van der Waals surface area contributed by atoms with Crippen molar-refractivity contribution >= 4 is 17.3 Å². The SMILES string of the molecule is CN(CCC#N)C(=S)NC(c1ccccc1)c1ccccc1. The van der Waals surface area contributed by atoms with Crippen LogP contribution in [0.15, 0.2) is 60.7 Å². The normalized spacial score (nSPS) is 10.0. The van der Waals surface area contributed by atoms with Gasteiger partial charge in [-0.1, -0.05) is 60.7 Å². The number of nitriles is 1. The van der Waals surface area contributed by atoms with Crippen molar-refractivity contribution in [1.82, 2.24) is 10.2 Å². The Kier molecular flexibility index (Phi) is 5.93. The number of benzene rings is 2. The predicted molar refractivity (Wildman–Crippen MR) is 93.3 cm³/mol. The van der Waals surface area contributed by atoms with Crippen molar-refractivity contribution in [2.45, 2.75) is 12.5 Å². The highest BCUT2D eigenvalue weighted by Crippen LogP contribution is 2.21. The van der Waals surface area contributed by atoms with Crippen molar-refractivity contribution in [3.05, 3.63) is 71.8 Å². The van der Waals surface area contributed by atoms with E-state index in [4.69, 9.17) is 17.5 Å². The van der Waals surface area contributed by atoms with Gasteiger partial charge < -0.3 is 10.2 Å². The van der Waals surface area contributed by atoms with Gasteiger partial charge in [0.25, 0.3) is 0 Å². The molecular weight excluding hydrogens is 290 g/mol.